The Labute approximate surface area is 346 Å². The van der Waals surface area contributed by atoms with Crippen LogP contribution in [0.5, 0.6) is 34.5 Å². The summed E-state index contributed by atoms with van der Waals surface area (Å²) in [5.74, 6) is -59.2. The lowest BCUT2D eigenvalue weighted by atomic mass is 9.73. The normalized spacial score (nSPS) is 25.2. The predicted octanol–water partition coefficient (Wildman–Crippen LogP) is -6.23. The van der Waals surface area contributed by atoms with Crippen LogP contribution in [0, 0.1) is 12.7 Å². The van der Waals surface area contributed by atoms with Crippen LogP contribution in [0.1, 0.15) is 47.7 Å². The van der Waals surface area contributed by atoms with Gasteiger partial charge < -0.3 is 112 Å². The number of aromatic hydroxyl groups is 6. The van der Waals surface area contributed by atoms with E-state index in [9.17, 15) is 148 Å². The van der Waals surface area contributed by atoms with E-state index in [2.05, 4.69) is 0 Å². The molecule has 3 unspecified atom stereocenters. The molecule has 27 nitrogen and oxygen atoms in total. The smallest absolute Gasteiger partial charge is 0.423 e. The number of rotatable bonds is 4. The van der Waals surface area contributed by atoms with Gasteiger partial charge in [-0.3, -0.25) is 4.79 Å². The summed E-state index contributed by atoms with van der Waals surface area (Å²) in [7, 11) is 0.0404. The van der Waals surface area contributed by atoms with Gasteiger partial charge in [0.05, 0.1) is 17.2 Å². The highest BCUT2D eigenvalue weighted by Crippen LogP contribution is 2.61. The first-order valence-corrected chi connectivity index (χ1v) is 16.6. The van der Waals surface area contributed by atoms with E-state index in [0.717, 1.165) is 0 Å². The number of piperazine rings is 1. The van der Waals surface area contributed by atoms with Gasteiger partial charge in [-0.15, -0.1) is 0 Å². The zero-order chi connectivity index (χ0) is 50.5. The van der Waals surface area contributed by atoms with Gasteiger partial charge >= 0.3 is 47.9 Å². The van der Waals surface area contributed by atoms with E-state index in [0.29, 0.717) is 0 Å². The molecule has 2 aliphatic rings. The van der Waals surface area contributed by atoms with Crippen LogP contribution in [0.4, 0.5) is 35.5 Å². The molecule has 34 heteroatoms. The van der Waals surface area contributed by atoms with Crippen LogP contribution in [0.2, 0.25) is 0 Å². The number of piperidine rings is 1. The molecule has 2 fully saturated rings. The van der Waals surface area contributed by atoms with Crippen LogP contribution in [-0.2, 0) is 22.9 Å². The molecule has 0 aliphatic carbocycles. The van der Waals surface area contributed by atoms with Crippen molar-refractivity contribution >= 4 is 11.9 Å². The summed E-state index contributed by atoms with van der Waals surface area (Å²) in [6, 6.07) is -11.0. The monoisotopic (exact) mass is 952 g/mol. The molecule has 0 spiro atoms. The number of phenolic OH excluding ortho intramolecular Hbond substituents is 6. The van der Waals surface area contributed by atoms with Gasteiger partial charge in [0.15, 0.2) is 17.2 Å². The minimum Gasteiger partial charge on any atom is -0.507 e. The van der Waals surface area contributed by atoms with Crippen molar-refractivity contribution in [2.75, 3.05) is 7.05 Å². The number of carbonyl (C=O) groups excluding carboxylic acids is 2. The highest BCUT2D eigenvalue weighted by molar-refractivity contribution is 5.79. The zero-order valence-electron chi connectivity index (χ0n) is 31.8. The average molecular weight is 953 g/mol. The molecule has 0 radical (unpaired) electrons. The number of benzene rings is 2. The van der Waals surface area contributed by atoms with Gasteiger partial charge in [-0.2, -0.15) is 35.6 Å². The van der Waals surface area contributed by atoms with Crippen LogP contribution in [-0.4, -0.2) is 193 Å². The van der Waals surface area contributed by atoms with Crippen LogP contribution in [0.15, 0.2) is 0 Å². The maximum atomic E-state index is 14.8. The lowest BCUT2D eigenvalue weighted by Gasteiger charge is -2.68. The standard InChI is InChI=1S/C30H35F7N4O23/c1-5-9(17(47)18(48)12(31)13(5)43)21(50)22(51,52)19(40-29(61,62)27(57,58)39(7(3)42)28(59,60)30(40,63)64)23(53,54)26(55,56)41(21)20(49)38(4)6(2)8-14(44)10(24(32,33)34)16(46)11(15(8)45)25(35,36)37/h6,19,43-48,50-64H,1-4H3. The Bertz CT molecular complexity index is 2200. The summed E-state index contributed by atoms with van der Waals surface area (Å²) in [4.78, 5) is 20.9. The fraction of sp³-hybridized carbons (Fsp3) is 0.533. The van der Waals surface area contributed by atoms with E-state index in [4.69, 9.17) is 0 Å². The molecule has 2 aromatic rings. The molecule has 2 aromatic carbocycles. The summed E-state index contributed by atoms with van der Waals surface area (Å²) in [6.45, 7) is 0.490. The number of amides is 3. The second-order valence-electron chi connectivity index (χ2n) is 14.4. The van der Waals surface area contributed by atoms with E-state index in [1.54, 1.807) is 0 Å². The van der Waals surface area contributed by atoms with Crippen LogP contribution in [0.3, 0.4) is 0 Å². The molecule has 0 bridgehead atoms. The van der Waals surface area contributed by atoms with Crippen molar-refractivity contribution in [3.8, 4) is 34.5 Å². The highest BCUT2D eigenvalue weighted by Gasteiger charge is 2.88. The summed E-state index contributed by atoms with van der Waals surface area (Å²) >= 11 is 0. The Morgan fingerprint density at radius 2 is 0.984 bits per heavy atom. The quantitative estimate of drug-likeness (QED) is 0.0587. The summed E-state index contributed by atoms with van der Waals surface area (Å²) in [5, 5.41) is 231. The van der Waals surface area contributed by atoms with Gasteiger partial charge in [-0.05, 0) is 13.8 Å². The van der Waals surface area contributed by atoms with E-state index >= 15 is 0 Å². The number of likely N-dealkylation sites (tertiary alicyclic amines) is 1. The zero-order valence-corrected chi connectivity index (χ0v) is 31.8. The molecule has 3 amide bonds. The number of hydrogen-bond acceptors (Lipinski definition) is 24. The number of urea groups is 1. The molecule has 4 rings (SSSR count). The van der Waals surface area contributed by atoms with E-state index in [1.807, 2.05) is 0 Å². The number of halogens is 7. The van der Waals surface area contributed by atoms with Crippen molar-refractivity contribution in [3.05, 3.63) is 33.6 Å². The SMILES string of the molecule is CC(=O)N1C(O)(O)C(O)(O)N(C2C(O)(O)C(O)(O)N(C(=O)N(C)C(C)c3c(O)c(C(F)(F)F)c(O)c(C(F)(F)F)c3O)C(O)(c3c(C)c(O)c(F)c(O)c3O)C2(O)O)C(O)(O)C1(O)O. The molecular formula is C30H35F7N4O23. The van der Waals surface area contributed by atoms with Crippen molar-refractivity contribution in [1.29, 1.82) is 0 Å². The molecule has 64 heavy (non-hydrogen) atoms. The lowest BCUT2D eigenvalue weighted by molar-refractivity contribution is -0.629. The third kappa shape index (κ3) is 6.22. The largest absolute Gasteiger partial charge is 0.507 e. The number of alkyl halides is 6. The van der Waals surface area contributed by atoms with Crippen molar-refractivity contribution in [2.45, 2.75) is 92.1 Å². The van der Waals surface area contributed by atoms with Crippen LogP contribution < -0.4 is 0 Å². The van der Waals surface area contributed by atoms with Crippen molar-refractivity contribution in [1.82, 2.24) is 19.6 Å². The second-order valence-corrected chi connectivity index (χ2v) is 14.4. The number of hydrogen-bond donors (Lipinski definition) is 21. The number of carbonyl (C=O) groups is 2. The predicted molar refractivity (Wildman–Crippen MR) is 173 cm³/mol. The minimum absolute atomic E-state index is 0.0404. The van der Waals surface area contributed by atoms with Crippen LogP contribution >= 0.6 is 0 Å². The minimum atomic E-state index is -6.20. The number of nitrogens with zero attached hydrogens (tertiary/aromatic N) is 4. The Hall–Kier alpha value is -5.15. The summed E-state index contributed by atoms with van der Waals surface area (Å²) in [5.41, 5.74) is -17.8. The van der Waals surface area contributed by atoms with Crippen molar-refractivity contribution < 1.29 is 148 Å². The number of phenols is 6. The lowest BCUT2D eigenvalue weighted by Crippen LogP contribution is -2.98. The Morgan fingerprint density at radius 3 is 1.34 bits per heavy atom. The van der Waals surface area contributed by atoms with Gasteiger partial charge in [-0.1, -0.05) is 0 Å². The maximum absolute atomic E-state index is 14.8. The fourth-order valence-corrected chi connectivity index (χ4v) is 7.40. The Morgan fingerprint density at radius 1 is 0.594 bits per heavy atom. The summed E-state index contributed by atoms with van der Waals surface area (Å²) < 4.78 is 98.7. The molecule has 2 saturated heterocycles. The topological polar surface area (TPSA) is 472 Å². The molecule has 2 aliphatic heterocycles. The first-order valence-electron chi connectivity index (χ1n) is 16.6. The Balaban J connectivity index is 2.24. The first-order chi connectivity index (χ1) is 28.2. The number of aliphatic hydroxyl groups is 15. The third-order valence-electron chi connectivity index (χ3n) is 10.6. The molecule has 362 valence electrons. The molecule has 3 atom stereocenters. The average Bonchev–Trinajstić information content (AvgIpc) is 3.08. The molecule has 0 aromatic heterocycles. The highest BCUT2D eigenvalue weighted by atomic mass is 19.4. The van der Waals surface area contributed by atoms with E-state index in [1.165, 1.54) is 0 Å². The van der Waals surface area contributed by atoms with E-state index < -0.39 is 171 Å². The van der Waals surface area contributed by atoms with Gasteiger partial charge in [0.1, 0.15) is 34.4 Å². The molecule has 0 saturated carbocycles. The Kier molecular flexibility index (Phi) is 11.4. The van der Waals surface area contributed by atoms with Gasteiger partial charge in [0, 0.05) is 19.5 Å². The molecule has 2 heterocycles. The maximum Gasteiger partial charge on any atom is 0.423 e. The third-order valence-corrected chi connectivity index (χ3v) is 10.6. The fourth-order valence-electron chi connectivity index (χ4n) is 7.40. The van der Waals surface area contributed by atoms with Gasteiger partial charge in [0.25, 0.3) is 5.79 Å². The van der Waals surface area contributed by atoms with E-state index in [-0.39, 0.29) is 27.8 Å². The first kappa shape index (κ1) is 51.5. The molecule has 21 N–H and O–H groups in total. The van der Waals surface area contributed by atoms with Crippen molar-refractivity contribution in [2.24, 2.45) is 0 Å². The molecular weight excluding hydrogens is 917 g/mol. The van der Waals surface area contributed by atoms with Crippen LogP contribution in [0.25, 0.3) is 0 Å². The second kappa shape index (κ2) is 14.2. The van der Waals surface area contributed by atoms with Gasteiger partial charge in [-0.25, -0.2) is 14.6 Å². The van der Waals surface area contributed by atoms with Gasteiger partial charge in [0.2, 0.25) is 23.2 Å². The van der Waals surface area contributed by atoms with Crippen molar-refractivity contribution in [3.63, 3.8) is 0 Å². The summed E-state index contributed by atoms with van der Waals surface area (Å²) in [6.07, 6.45) is -12.4.